The van der Waals surface area contributed by atoms with E-state index in [2.05, 4.69) is 22.5 Å². The maximum absolute atomic E-state index is 11.0. The van der Waals surface area contributed by atoms with Crippen LogP contribution in [0.15, 0.2) is 36.9 Å². The summed E-state index contributed by atoms with van der Waals surface area (Å²) < 4.78 is 1.95. The molecule has 0 saturated heterocycles. The molecule has 7 heteroatoms. The highest BCUT2D eigenvalue weighted by molar-refractivity contribution is 5.63. The zero-order chi connectivity index (χ0) is 15.1. The SMILES string of the molecule is CCCNc1cc(NCCn2ccnc2)cc([N+](=O)[O-])c1. The van der Waals surface area contributed by atoms with Gasteiger partial charge in [-0.2, -0.15) is 0 Å². The van der Waals surface area contributed by atoms with Crippen molar-refractivity contribution in [1.29, 1.82) is 0 Å². The first kappa shape index (κ1) is 14.8. The molecular formula is C14H19N5O2. The zero-order valence-electron chi connectivity index (χ0n) is 12.0. The highest BCUT2D eigenvalue weighted by atomic mass is 16.6. The second-order valence-electron chi connectivity index (χ2n) is 4.68. The standard InChI is InChI=1S/C14H19N5O2/c1-2-3-16-12-8-13(10-14(9-12)19(20)21)17-5-7-18-6-4-15-11-18/h4,6,8-11,16-17H,2-3,5,7H2,1H3. The topological polar surface area (TPSA) is 85.0 Å². The van der Waals surface area contributed by atoms with E-state index >= 15 is 0 Å². The molecule has 0 spiro atoms. The normalized spacial score (nSPS) is 10.3. The van der Waals surface area contributed by atoms with Gasteiger partial charge in [-0.3, -0.25) is 10.1 Å². The van der Waals surface area contributed by atoms with E-state index in [0.29, 0.717) is 6.54 Å². The van der Waals surface area contributed by atoms with Crippen molar-refractivity contribution in [3.63, 3.8) is 0 Å². The molecule has 1 heterocycles. The smallest absolute Gasteiger partial charge is 0.273 e. The lowest BCUT2D eigenvalue weighted by atomic mass is 10.2. The number of nitrogens with one attached hydrogen (secondary N) is 2. The predicted molar refractivity (Wildman–Crippen MR) is 82.6 cm³/mol. The number of nitro benzene ring substituents is 1. The number of benzene rings is 1. The molecule has 2 N–H and O–H groups in total. The number of non-ortho nitro benzene ring substituents is 1. The molecule has 0 fully saturated rings. The summed E-state index contributed by atoms with van der Waals surface area (Å²) in [6, 6.07) is 4.98. The van der Waals surface area contributed by atoms with Gasteiger partial charge in [0.1, 0.15) is 0 Å². The molecule has 0 saturated carbocycles. The van der Waals surface area contributed by atoms with Crippen LogP contribution in [0.5, 0.6) is 0 Å². The molecule has 7 nitrogen and oxygen atoms in total. The summed E-state index contributed by atoms with van der Waals surface area (Å²) in [6.45, 7) is 4.26. The molecule has 0 unspecified atom stereocenters. The van der Waals surface area contributed by atoms with Crippen LogP contribution in [0.1, 0.15) is 13.3 Å². The van der Waals surface area contributed by atoms with Crippen LogP contribution in [0.3, 0.4) is 0 Å². The Morgan fingerprint density at radius 1 is 1.24 bits per heavy atom. The lowest BCUT2D eigenvalue weighted by Gasteiger charge is -2.10. The molecule has 0 atom stereocenters. The van der Waals surface area contributed by atoms with Crippen LogP contribution in [0.25, 0.3) is 0 Å². The molecule has 0 aliphatic rings. The van der Waals surface area contributed by atoms with E-state index in [9.17, 15) is 10.1 Å². The van der Waals surface area contributed by atoms with Crippen molar-refractivity contribution in [2.75, 3.05) is 23.7 Å². The van der Waals surface area contributed by atoms with Gasteiger partial charge in [-0.15, -0.1) is 0 Å². The molecule has 1 aromatic heterocycles. The molecule has 1 aromatic carbocycles. The molecule has 0 aliphatic carbocycles. The average molecular weight is 289 g/mol. The lowest BCUT2D eigenvalue weighted by Crippen LogP contribution is -2.10. The van der Waals surface area contributed by atoms with Gasteiger partial charge in [-0.05, 0) is 12.5 Å². The fourth-order valence-corrected chi connectivity index (χ4v) is 1.94. The summed E-state index contributed by atoms with van der Waals surface area (Å²) >= 11 is 0. The van der Waals surface area contributed by atoms with Gasteiger partial charge in [-0.25, -0.2) is 4.98 Å². The quantitative estimate of drug-likeness (QED) is 0.576. The summed E-state index contributed by atoms with van der Waals surface area (Å²) in [7, 11) is 0. The fourth-order valence-electron chi connectivity index (χ4n) is 1.94. The number of hydrogen-bond acceptors (Lipinski definition) is 5. The monoisotopic (exact) mass is 289 g/mol. The minimum Gasteiger partial charge on any atom is -0.385 e. The Morgan fingerprint density at radius 2 is 1.95 bits per heavy atom. The van der Waals surface area contributed by atoms with Crippen LogP contribution in [0, 0.1) is 10.1 Å². The number of anilines is 2. The number of hydrogen-bond donors (Lipinski definition) is 2. The largest absolute Gasteiger partial charge is 0.385 e. The van der Waals surface area contributed by atoms with Crippen molar-refractivity contribution >= 4 is 17.1 Å². The molecule has 0 bridgehead atoms. The van der Waals surface area contributed by atoms with Gasteiger partial charge < -0.3 is 15.2 Å². The predicted octanol–water partition coefficient (Wildman–Crippen LogP) is 2.73. The Balaban J connectivity index is 2.02. The molecule has 0 amide bonds. The van der Waals surface area contributed by atoms with Gasteiger partial charge in [0.15, 0.2) is 0 Å². The molecule has 2 rings (SSSR count). The number of nitrogens with zero attached hydrogens (tertiary/aromatic N) is 3. The maximum Gasteiger partial charge on any atom is 0.273 e. The molecule has 21 heavy (non-hydrogen) atoms. The van der Waals surface area contributed by atoms with Crippen molar-refractivity contribution in [1.82, 2.24) is 9.55 Å². The third-order valence-corrected chi connectivity index (χ3v) is 2.97. The third-order valence-electron chi connectivity index (χ3n) is 2.97. The molecule has 0 aliphatic heterocycles. The van der Waals surface area contributed by atoms with Gasteiger partial charge in [0.2, 0.25) is 0 Å². The van der Waals surface area contributed by atoms with E-state index in [0.717, 1.165) is 30.9 Å². The van der Waals surface area contributed by atoms with Crippen LogP contribution >= 0.6 is 0 Å². The molecule has 2 aromatic rings. The van der Waals surface area contributed by atoms with E-state index in [1.165, 1.54) is 0 Å². The van der Waals surface area contributed by atoms with Crippen LogP contribution < -0.4 is 10.6 Å². The highest BCUT2D eigenvalue weighted by Crippen LogP contribution is 2.24. The van der Waals surface area contributed by atoms with Crippen molar-refractivity contribution in [3.05, 3.63) is 47.0 Å². The second-order valence-corrected chi connectivity index (χ2v) is 4.68. The fraction of sp³-hybridized carbons (Fsp3) is 0.357. The Hall–Kier alpha value is -2.57. The van der Waals surface area contributed by atoms with Crippen molar-refractivity contribution in [2.24, 2.45) is 0 Å². The van der Waals surface area contributed by atoms with Gasteiger partial charge in [0.05, 0.1) is 11.3 Å². The minimum absolute atomic E-state index is 0.0845. The lowest BCUT2D eigenvalue weighted by molar-refractivity contribution is -0.384. The van der Waals surface area contributed by atoms with Gasteiger partial charge in [0, 0.05) is 55.5 Å². The molecular weight excluding hydrogens is 270 g/mol. The van der Waals surface area contributed by atoms with E-state index in [-0.39, 0.29) is 10.6 Å². The van der Waals surface area contributed by atoms with Crippen molar-refractivity contribution in [2.45, 2.75) is 19.9 Å². The van der Waals surface area contributed by atoms with Crippen LogP contribution in [0.4, 0.5) is 17.1 Å². The maximum atomic E-state index is 11.0. The van der Waals surface area contributed by atoms with E-state index in [1.54, 1.807) is 24.7 Å². The molecule has 112 valence electrons. The average Bonchev–Trinajstić information content (AvgIpc) is 2.98. The zero-order valence-corrected chi connectivity index (χ0v) is 12.0. The Morgan fingerprint density at radius 3 is 2.52 bits per heavy atom. The first-order chi connectivity index (χ1) is 10.2. The third kappa shape index (κ3) is 4.48. The summed E-state index contributed by atoms with van der Waals surface area (Å²) in [5.41, 5.74) is 1.58. The van der Waals surface area contributed by atoms with Crippen LogP contribution in [0.2, 0.25) is 0 Å². The molecule has 0 radical (unpaired) electrons. The van der Waals surface area contributed by atoms with Gasteiger partial charge >= 0.3 is 0 Å². The second kappa shape index (κ2) is 7.28. The summed E-state index contributed by atoms with van der Waals surface area (Å²) in [4.78, 5) is 14.6. The minimum atomic E-state index is -0.377. The van der Waals surface area contributed by atoms with Crippen LogP contribution in [-0.2, 0) is 6.54 Å². The number of aromatic nitrogens is 2. The Labute approximate surface area is 123 Å². The number of imidazole rings is 1. The van der Waals surface area contributed by atoms with Gasteiger partial charge in [0.25, 0.3) is 5.69 Å². The first-order valence-electron chi connectivity index (χ1n) is 6.92. The van der Waals surface area contributed by atoms with Crippen molar-refractivity contribution in [3.8, 4) is 0 Å². The Kier molecular flexibility index (Phi) is 5.14. The summed E-state index contributed by atoms with van der Waals surface area (Å²) in [6.07, 6.45) is 6.30. The summed E-state index contributed by atoms with van der Waals surface area (Å²) in [5, 5.41) is 17.4. The van der Waals surface area contributed by atoms with Gasteiger partial charge in [-0.1, -0.05) is 6.92 Å². The van der Waals surface area contributed by atoms with Crippen molar-refractivity contribution < 1.29 is 4.92 Å². The number of rotatable bonds is 8. The van der Waals surface area contributed by atoms with E-state index in [4.69, 9.17) is 0 Å². The number of nitro groups is 1. The highest BCUT2D eigenvalue weighted by Gasteiger charge is 2.09. The summed E-state index contributed by atoms with van der Waals surface area (Å²) in [5.74, 6) is 0. The van der Waals surface area contributed by atoms with Crippen LogP contribution in [-0.4, -0.2) is 27.6 Å². The first-order valence-corrected chi connectivity index (χ1v) is 6.92. The van der Waals surface area contributed by atoms with E-state index in [1.807, 2.05) is 16.8 Å². The van der Waals surface area contributed by atoms with E-state index < -0.39 is 0 Å². The Bertz CT molecular complexity index is 583.